The smallest absolute Gasteiger partial charge is 0.319 e. The van der Waals surface area contributed by atoms with Crippen molar-refractivity contribution in [3.05, 3.63) is 53.9 Å². The third-order valence-corrected chi connectivity index (χ3v) is 4.33. The molecule has 0 saturated heterocycles. The van der Waals surface area contributed by atoms with Crippen LogP contribution in [0.25, 0.3) is 11.4 Å². The van der Waals surface area contributed by atoms with E-state index in [1.165, 1.54) is 19.2 Å². The van der Waals surface area contributed by atoms with Gasteiger partial charge in [0.25, 0.3) is 0 Å². The van der Waals surface area contributed by atoms with Crippen molar-refractivity contribution in [2.45, 2.75) is 26.8 Å². The van der Waals surface area contributed by atoms with E-state index < -0.39 is 17.9 Å². The van der Waals surface area contributed by atoms with E-state index >= 15 is 0 Å². The van der Waals surface area contributed by atoms with Crippen molar-refractivity contribution in [1.29, 1.82) is 0 Å². The molecule has 2 amide bonds. The maximum Gasteiger partial charge on any atom is 0.319 e. The Morgan fingerprint density at radius 2 is 2.10 bits per heavy atom. The van der Waals surface area contributed by atoms with Crippen LogP contribution in [-0.2, 0) is 0 Å². The Kier molecular flexibility index (Phi) is 6.06. The van der Waals surface area contributed by atoms with Crippen molar-refractivity contribution in [3.8, 4) is 17.1 Å². The van der Waals surface area contributed by atoms with Gasteiger partial charge in [-0.3, -0.25) is 4.98 Å². The van der Waals surface area contributed by atoms with Crippen molar-refractivity contribution >= 4 is 11.7 Å². The van der Waals surface area contributed by atoms with Gasteiger partial charge in [-0.1, -0.05) is 19.0 Å². The number of urea groups is 1. The summed E-state index contributed by atoms with van der Waals surface area (Å²) in [5.41, 5.74) is 1.71. The number of hydrogen-bond acceptors (Lipinski definition) is 6. The number of nitrogens with zero attached hydrogens (tertiary/aromatic N) is 3. The predicted molar refractivity (Wildman–Crippen MR) is 105 cm³/mol. The molecule has 2 heterocycles. The van der Waals surface area contributed by atoms with Crippen LogP contribution in [0.15, 0.2) is 41.2 Å². The molecule has 0 saturated carbocycles. The van der Waals surface area contributed by atoms with E-state index in [4.69, 9.17) is 9.26 Å². The van der Waals surface area contributed by atoms with Crippen LogP contribution < -0.4 is 15.4 Å². The van der Waals surface area contributed by atoms with Crippen LogP contribution >= 0.6 is 0 Å². The van der Waals surface area contributed by atoms with Crippen LogP contribution in [0.4, 0.5) is 14.9 Å². The van der Waals surface area contributed by atoms with Gasteiger partial charge in [-0.15, -0.1) is 0 Å². The number of aryl methyl sites for hydroxylation is 1. The highest BCUT2D eigenvalue weighted by molar-refractivity contribution is 5.90. The van der Waals surface area contributed by atoms with Gasteiger partial charge in [-0.2, -0.15) is 4.98 Å². The van der Waals surface area contributed by atoms with Gasteiger partial charge in [0.15, 0.2) is 11.6 Å². The number of methoxy groups -OCH3 is 1. The largest absolute Gasteiger partial charge is 0.494 e. The van der Waals surface area contributed by atoms with Crippen LogP contribution in [-0.4, -0.2) is 28.3 Å². The Morgan fingerprint density at radius 1 is 1.31 bits per heavy atom. The number of benzene rings is 1. The van der Waals surface area contributed by atoms with Crippen LogP contribution in [0, 0.1) is 18.7 Å². The number of nitrogens with one attached hydrogen (secondary N) is 2. The van der Waals surface area contributed by atoms with Crippen LogP contribution in [0.2, 0.25) is 0 Å². The van der Waals surface area contributed by atoms with E-state index in [0.29, 0.717) is 22.6 Å². The van der Waals surface area contributed by atoms with Gasteiger partial charge in [0.1, 0.15) is 6.04 Å². The second-order valence-corrected chi connectivity index (χ2v) is 6.82. The second kappa shape index (κ2) is 8.68. The highest BCUT2D eigenvalue weighted by Gasteiger charge is 2.25. The second-order valence-electron chi connectivity index (χ2n) is 6.82. The summed E-state index contributed by atoms with van der Waals surface area (Å²) in [4.78, 5) is 20.9. The van der Waals surface area contributed by atoms with Crippen molar-refractivity contribution < 1.29 is 18.4 Å². The number of amides is 2. The lowest BCUT2D eigenvalue weighted by Crippen LogP contribution is -2.35. The fraction of sp³-hybridized carbons (Fsp3) is 0.300. The molecule has 2 N–H and O–H groups in total. The molecule has 0 radical (unpaired) electrons. The summed E-state index contributed by atoms with van der Waals surface area (Å²) in [6.45, 7) is 5.57. The molecule has 0 aliphatic carbocycles. The number of halogens is 1. The fourth-order valence-electron chi connectivity index (χ4n) is 2.73. The average molecular weight is 399 g/mol. The molecule has 0 fully saturated rings. The SMILES string of the molecule is COc1cc(C)c(NC(=O)NC(c2nc(-c3cccnc3)no2)C(C)C)cc1F. The minimum atomic E-state index is -0.563. The maximum absolute atomic E-state index is 14.0. The van der Waals surface area contributed by atoms with Crippen molar-refractivity contribution in [3.63, 3.8) is 0 Å². The average Bonchev–Trinajstić information content (AvgIpc) is 3.19. The molecule has 0 spiro atoms. The summed E-state index contributed by atoms with van der Waals surface area (Å²) >= 11 is 0. The Balaban J connectivity index is 1.75. The lowest BCUT2D eigenvalue weighted by Gasteiger charge is -2.19. The molecule has 29 heavy (non-hydrogen) atoms. The summed E-state index contributed by atoms with van der Waals surface area (Å²) in [6, 6.07) is 5.27. The first-order chi connectivity index (χ1) is 13.9. The molecule has 152 valence electrons. The highest BCUT2D eigenvalue weighted by atomic mass is 19.1. The summed E-state index contributed by atoms with van der Waals surface area (Å²) in [5.74, 6) is 0.173. The molecule has 1 atom stereocenters. The number of hydrogen-bond donors (Lipinski definition) is 2. The van der Waals surface area contributed by atoms with Gasteiger partial charge in [-0.05, 0) is 36.6 Å². The number of aromatic nitrogens is 3. The zero-order valence-corrected chi connectivity index (χ0v) is 16.6. The molecule has 8 nitrogen and oxygen atoms in total. The standard InChI is InChI=1S/C20H22FN5O3/c1-11(2)17(19-25-18(26-29-19)13-6-5-7-22-10-13)24-20(27)23-15-9-14(21)16(28-4)8-12(15)3/h5-11,17H,1-4H3,(H2,23,24,27). The van der Waals surface area contributed by atoms with E-state index in [-0.39, 0.29) is 17.6 Å². The number of carbonyl (C=O) groups excluding carboxylic acids is 1. The number of rotatable bonds is 6. The van der Waals surface area contributed by atoms with Gasteiger partial charge in [0.05, 0.1) is 7.11 Å². The van der Waals surface area contributed by atoms with E-state index in [0.717, 1.165) is 0 Å². The van der Waals surface area contributed by atoms with Gasteiger partial charge >= 0.3 is 6.03 Å². The Bertz CT molecular complexity index is 991. The van der Waals surface area contributed by atoms with E-state index in [1.807, 2.05) is 19.9 Å². The maximum atomic E-state index is 14.0. The molecule has 9 heteroatoms. The Morgan fingerprint density at radius 3 is 2.76 bits per heavy atom. The molecule has 1 aromatic carbocycles. The molecular weight excluding hydrogens is 377 g/mol. The predicted octanol–water partition coefficient (Wildman–Crippen LogP) is 4.11. The van der Waals surface area contributed by atoms with E-state index in [1.54, 1.807) is 25.4 Å². The zero-order chi connectivity index (χ0) is 21.0. The van der Waals surface area contributed by atoms with Crippen molar-refractivity contribution in [1.82, 2.24) is 20.4 Å². The number of pyridine rings is 1. The summed E-state index contributed by atoms with van der Waals surface area (Å²) < 4.78 is 24.3. The summed E-state index contributed by atoms with van der Waals surface area (Å²) in [6.07, 6.45) is 3.28. The number of ether oxygens (including phenoxy) is 1. The first-order valence-corrected chi connectivity index (χ1v) is 9.04. The third kappa shape index (κ3) is 4.68. The summed E-state index contributed by atoms with van der Waals surface area (Å²) in [7, 11) is 1.38. The molecule has 3 aromatic rings. The highest BCUT2D eigenvalue weighted by Crippen LogP contribution is 2.26. The van der Waals surface area contributed by atoms with Crippen molar-refractivity contribution in [2.24, 2.45) is 5.92 Å². The first-order valence-electron chi connectivity index (χ1n) is 9.04. The van der Waals surface area contributed by atoms with Crippen molar-refractivity contribution in [2.75, 3.05) is 12.4 Å². The molecule has 3 rings (SSSR count). The summed E-state index contributed by atoms with van der Waals surface area (Å²) in [5, 5.41) is 9.42. The Labute approximate surface area is 167 Å². The zero-order valence-electron chi connectivity index (χ0n) is 16.6. The van der Waals surface area contributed by atoms with Gasteiger partial charge in [0, 0.05) is 29.7 Å². The van der Waals surface area contributed by atoms with Crippen LogP contribution in [0.1, 0.15) is 31.3 Å². The quantitative estimate of drug-likeness (QED) is 0.647. The minimum Gasteiger partial charge on any atom is -0.494 e. The molecular formula is C20H22FN5O3. The molecule has 1 unspecified atom stereocenters. The van der Waals surface area contributed by atoms with Gasteiger partial charge in [-0.25, -0.2) is 9.18 Å². The lowest BCUT2D eigenvalue weighted by atomic mass is 10.0. The van der Waals surface area contributed by atoms with Gasteiger partial charge < -0.3 is 19.9 Å². The molecule has 2 aromatic heterocycles. The third-order valence-electron chi connectivity index (χ3n) is 4.33. The van der Waals surface area contributed by atoms with Gasteiger partial charge in [0.2, 0.25) is 11.7 Å². The minimum absolute atomic E-state index is 0.0309. The topological polar surface area (TPSA) is 102 Å². The van der Waals surface area contributed by atoms with Crippen LogP contribution in [0.3, 0.4) is 0 Å². The number of carbonyl (C=O) groups is 1. The van der Waals surface area contributed by atoms with Crippen LogP contribution in [0.5, 0.6) is 5.75 Å². The number of anilines is 1. The van der Waals surface area contributed by atoms with E-state index in [2.05, 4.69) is 25.8 Å². The molecule has 0 bridgehead atoms. The Hall–Kier alpha value is -3.49. The van der Waals surface area contributed by atoms with E-state index in [9.17, 15) is 9.18 Å². The lowest BCUT2D eigenvalue weighted by molar-refractivity contribution is 0.236. The normalized spacial score (nSPS) is 11.9. The monoisotopic (exact) mass is 399 g/mol. The first kappa shape index (κ1) is 20.2. The molecule has 0 aliphatic heterocycles. The fourth-order valence-corrected chi connectivity index (χ4v) is 2.73. The molecule has 0 aliphatic rings.